The molecular formula is C67H130O6. The van der Waals surface area contributed by atoms with E-state index in [2.05, 4.69) is 41.5 Å². The first kappa shape index (κ1) is 71.4. The number of hydrogen-bond acceptors (Lipinski definition) is 6. The Morgan fingerprint density at radius 2 is 0.397 bits per heavy atom. The summed E-state index contributed by atoms with van der Waals surface area (Å²) in [6, 6.07) is 0. The van der Waals surface area contributed by atoms with Crippen LogP contribution in [0.1, 0.15) is 375 Å². The van der Waals surface area contributed by atoms with Gasteiger partial charge < -0.3 is 14.2 Å². The van der Waals surface area contributed by atoms with E-state index in [1.807, 2.05) is 0 Å². The molecule has 0 amide bonds. The predicted molar refractivity (Wildman–Crippen MR) is 316 cm³/mol. The highest BCUT2D eigenvalue weighted by atomic mass is 16.6. The van der Waals surface area contributed by atoms with Gasteiger partial charge in [-0.3, -0.25) is 14.4 Å². The minimum absolute atomic E-state index is 0.0622. The van der Waals surface area contributed by atoms with Gasteiger partial charge in [0.15, 0.2) is 6.10 Å². The van der Waals surface area contributed by atoms with Crippen molar-refractivity contribution in [2.45, 2.75) is 382 Å². The van der Waals surface area contributed by atoms with E-state index in [1.165, 1.54) is 257 Å². The second-order valence-corrected chi connectivity index (χ2v) is 24.5. The van der Waals surface area contributed by atoms with Crippen LogP contribution in [0.15, 0.2) is 0 Å². The Morgan fingerprint density at radius 3 is 0.589 bits per heavy atom. The van der Waals surface area contributed by atoms with Gasteiger partial charge in [-0.1, -0.05) is 337 Å². The SMILES string of the molecule is CC(C)CCCCCCCCCCCCCCCCCCCCC(=O)OC[C@H](COC(=O)CCCCCCCCCCCCCCCCC(C)C)OC(=O)CCCCCCCCCCCCCCCCC(C)C. The van der Waals surface area contributed by atoms with Crippen molar-refractivity contribution in [1.82, 2.24) is 0 Å². The molecule has 0 saturated heterocycles. The van der Waals surface area contributed by atoms with Crippen LogP contribution < -0.4 is 0 Å². The van der Waals surface area contributed by atoms with Crippen LogP contribution in [0.25, 0.3) is 0 Å². The Balaban J connectivity index is 4.27. The van der Waals surface area contributed by atoms with Crippen molar-refractivity contribution < 1.29 is 28.6 Å². The first-order valence-corrected chi connectivity index (χ1v) is 33.1. The molecule has 0 spiro atoms. The largest absolute Gasteiger partial charge is 0.462 e. The van der Waals surface area contributed by atoms with Crippen LogP contribution in [-0.2, 0) is 28.6 Å². The minimum Gasteiger partial charge on any atom is -0.462 e. The molecule has 0 unspecified atom stereocenters. The van der Waals surface area contributed by atoms with Gasteiger partial charge in [-0.25, -0.2) is 0 Å². The lowest BCUT2D eigenvalue weighted by Gasteiger charge is -2.18. The molecule has 73 heavy (non-hydrogen) atoms. The number of unbranched alkanes of at least 4 members (excludes halogenated alkanes) is 43. The monoisotopic (exact) mass is 1030 g/mol. The molecule has 0 aromatic carbocycles. The Morgan fingerprint density at radius 1 is 0.233 bits per heavy atom. The summed E-state index contributed by atoms with van der Waals surface area (Å²) >= 11 is 0. The van der Waals surface area contributed by atoms with Crippen LogP contribution in [0, 0.1) is 17.8 Å². The van der Waals surface area contributed by atoms with Crippen LogP contribution in [0.4, 0.5) is 0 Å². The maximum absolute atomic E-state index is 12.9. The number of carbonyl (C=O) groups excluding carboxylic acids is 3. The van der Waals surface area contributed by atoms with Crippen molar-refractivity contribution in [3.8, 4) is 0 Å². The molecule has 0 N–H and O–H groups in total. The number of esters is 3. The van der Waals surface area contributed by atoms with E-state index in [4.69, 9.17) is 14.2 Å². The van der Waals surface area contributed by atoms with Gasteiger partial charge >= 0.3 is 17.9 Å². The van der Waals surface area contributed by atoms with E-state index in [0.717, 1.165) is 75.5 Å². The van der Waals surface area contributed by atoms with Crippen molar-refractivity contribution in [2.75, 3.05) is 13.2 Å². The number of ether oxygens (including phenoxy) is 3. The highest BCUT2D eigenvalue weighted by Crippen LogP contribution is 2.19. The van der Waals surface area contributed by atoms with Gasteiger partial charge in [0.2, 0.25) is 0 Å². The number of hydrogen-bond donors (Lipinski definition) is 0. The smallest absolute Gasteiger partial charge is 0.306 e. The van der Waals surface area contributed by atoms with Gasteiger partial charge in [0.25, 0.3) is 0 Å². The van der Waals surface area contributed by atoms with Crippen molar-refractivity contribution in [2.24, 2.45) is 17.8 Å². The Bertz CT molecular complexity index is 1130. The molecule has 0 fully saturated rings. The van der Waals surface area contributed by atoms with Crippen molar-refractivity contribution in [3.63, 3.8) is 0 Å². The Kier molecular flexibility index (Phi) is 56.8. The summed E-state index contributed by atoms with van der Waals surface area (Å²) in [4.78, 5) is 38.4. The van der Waals surface area contributed by atoms with Crippen LogP contribution in [0.3, 0.4) is 0 Å². The molecule has 0 saturated carbocycles. The van der Waals surface area contributed by atoms with Crippen LogP contribution in [-0.4, -0.2) is 37.2 Å². The highest BCUT2D eigenvalue weighted by molar-refractivity contribution is 5.71. The molecule has 0 aromatic rings. The summed E-state index contributed by atoms with van der Waals surface area (Å²) in [6.07, 6.45) is 63.9. The van der Waals surface area contributed by atoms with E-state index >= 15 is 0 Å². The third kappa shape index (κ3) is 61.1. The Labute approximate surface area is 457 Å². The van der Waals surface area contributed by atoms with Gasteiger partial charge in [0.1, 0.15) is 13.2 Å². The molecule has 6 nitrogen and oxygen atoms in total. The zero-order chi connectivity index (χ0) is 53.3. The summed E-state index contributed by atoms with van der Waals surface area (Å²) < 4.78 is 17.0. The van der Waals surface area contributed by atoms with Gasteiger partial charge in [0.05, 0.1) is 0 Å². The molecule has 434 valence electrons. The van der Waals surface area contributed by atoms with Crippen molar-refractivity contribution >= 4 is 17.9 Å². The standard InChI is InChI=1S/C67H130O6/c1-61(2)53-47-41-35-29-23-17-11-9-7-8-10-12-20-26-32-38-44-50-56-65(68)71-59-64(73-67(70)58-52-46-40-34-28-22-16-14-19-25-31-37-43-49-55-63(5)6)60-72-66(69)57-51-45-39-33-27-21-15-13-18-24-30-36-42-48-54-62(3)4/h61-64H,7-60H2,1-6H3/t64-/m1/s1. The molecule has 1 atom stereocenters. The maximum Gasteiger partial charge on any atom is 0.306 e. The van der Waals surface area contributed by atoms with Crippen molar-refractivity contribution in [1.29, 1.82) is 0 Å². The summed E-state index contributed by atoms with van der Waals surface area (Å²) in [5, 5.41) is 0. The molecule has 0 aliphatic carbocycles. The molecule has 0 aliphatic rings. The molecule has 0 bridgehead atoms. The van der Waals surface area contributed by atoms with Gasteiger partial charge in [-0.2, -0.15) is 0 Å². The van der Waals surface area contributed by atoms with Gasteiger partial charge in [-0.15, -0.1) is 0 Å². The second-order valence-electron chi connectivity index (χ2n) is 24.5. The fourth-order valence-corrected chi connectivity index (χ4v) is 10.4. The first-order valence-electron chi connectivity index (χ1n) is 33.1. The second kappa shape index (κ2) is 58.1. The van der Waals surface area contributed by atoms with E-state index in [-0.39, 0.29) is 31.1 Å². The summed E-state index contributed by atoms with van der Waals surface area (Å²) in [7, 11) is 0. The highest BCUT2D eigenvalue weighted by Gasteiger charge is 2.19. The summed E-state index contributed by atoms with van der Waals surface area (Å²) in [5.41, 5.74) is 0. The number of rotatable bonds is 60. The van der Waals surface area contributed by atoms with E-state index < -0.39 is 6.10 Å². The lowest BCUT2D eigenvalue weighted by atomic mass is 10.0. The third-order valence-electron chi connectivity index (χ3n) is 15.4. The molecule has 0 heterocycles. The predicted octanol–water partition coefficient (Wildman–Crippen LogP) is 22.2. The van der Waals surface area contributed by atoms with E-state index in [0.29, 0.717) is 19.3 Å². The van der Waals surface area contributed by atoms with Crippen LogP contribution in [0.5, 0.6) is 0 Å². The zero-order valence-electron chi connectivity index (χ0n) is 50.4. The van der Waals surface area contributed by atoms with Crippen molar-refractivity contribution in [3.05, 3.63) is 0 Å². The minimum atomic E-state index is -0.765. The maximum atomic E-state index is 12.9. The zero-order valence-corrected chi connectivity index (χ0v) is 50.4. The topological polar surface area (TPSA) is 78.9 Å². The van der Waals surface area contributed by atoms with Gasteiger partial charge in [0, 0.05) is 19.3 Å². The number of carbonyl (C=O) groups is 3. The molecule has 6 heteroatoms. The first-order chi connectivity index (χ1) is 35.6. The lowest BCUT2D eigenvalue weighted by molar-refractivity contribution is -0.167. The van der Waals surface area contributed by atoms with E-state index in [1.54, 1.807) is 0 Å². The van der Waals surface area contributed by atoms with Gasteiger partial charge in [-0.05, 0) is 37.0 Å². The quantitative estimate of drug-likeness (QED) is 0.0343. The summed E-state index contributed by atoms with van der Waals surface area (Å²) in [6.45, 7) is 13.8. The molecule has 0 rings (SSSR count). The lowest BCUT2D eigenvalue weighted by Crippen LogP contribution is -2.30. The Hall–Kier alpha value is -1.59. The third-order valence-corrected chi connectivity index (χ3v) is 15.4. The fraction of sp³-hybridized carbons (Fsp3) is 0.955. The average Bonchev–Trinajstić information content (AvgIpc) is 3.35. The molecule has 0 aromatic heterocycles. The summed E-state index contributed by atoms with van der Waals surface area (Å²) in [5.74, 6) is 1.71. The molecule has 0 aliphatic heterocycles. The van der Waals surface area contributed by atoms with Crippen LogP contribution in [0.2, 0.25) is 0 Å². The fourth-order valence-electron chi connectivity index (χ4n) is 10.4. The normalized spacial score (nSPS) is 12.1. The van der Waals surface area contributed by atoms with E-state index in [9.17, 15) is 14.4 Å². The average molecular weight is 1030 g/mol. The molecule has 0 radical (unpaired) electrons. The van der Waals surface area contributed by atoms with Crippen LogP contribution >= 0.6 is 0 Å². The molecular weight excluding hydrogens is 901 g/mol.